The van der Waals surface area contributed by atoms with Gasteiger partial charge in [-0.05, 0) is 113 Å². The summed E-state index contributed by atoms with van der Waals surface area (Å²) >= 11 is 1.75. The van der Waals surface area contributed by atoms with Gasteiger partial charge in [0.05, 0.1) is 23.0 Å². The molecule has 0 spiro atoms. The van der Waals surface area contributed by atoms with E-state index in [2.05, 4.69) is 141 Å². The van der Waals surface area contributed by atoms with E-state index in [1.807, 2.05) is 0 Å². The number of carbonyl (C=O) groups excluding carboxylic acids is 2. The summed E-state index contributed by atoms with van der Waals surface area (Å²) in [4.78, 5) is 27.8. The van der Waals surface area contributed by atoms with Crippen LogP contribution in [0.15, 0.2) is 119 Å². The van der Waals surface area contributed by atoms with Gasteiger partial charge in [-0.25, -0.2) is 26.3 Å². The first-order valence-corrected chi connectivity index (χ1v) is 31.0. The second-order valence-electron chi connectivity index (χ2n) is 24.8. The summed E-state index contributed by atoms with van der Waals surface area (Å²) in [6.07, 6.45) is 1.22. The predicted molar refractivity (Wildman–Crippen MR) is 315 cm³/mol. The van der Waals surface area contributed by atoms with Gasteiger partial charge >= 0.3 is 0 Å². The molecule has 1 aliphatic heterocycles. The van der Waals surface area contributed by atoms with Crippen molar-refractivity contribution in [3.05, 3.63) is 176 Å². The minimum atomic E-state index is -4.25. The van der Waals surface area contributed by atoms with E-state index in [0.717, 1.165) is 67.1 Å². The lowest BCUT2D eigenvalue weighted by molar-refractivity contribution is -0.122. The smallest absolute Gasteiger partial charge is 0.271 e. The molecule has 0 atom stereocenters. The highest BCUT2D eigenvalue weighted by Gasteiger charge is 2.31. The van der Waals surface area contributed by atoms with Crippen molar-refractivity contribution in [3.63, 3.8) is 0 Å². The standard InChI is InChI=1S/C64H76N2O10S3/c1-61(2,3)49-31-41-27-42-32-50(62(4,5)6)34-44-29-46-36-52(64(10,11)12)38-48(60(46)76-40-56(68)66-79(71,72)54-21-17-14-18-22-54)30-47-37-51(63(7,8)9)35-45(28-43(33-49)57(41)73-23-25-77-26-24-74-58(42)44)59(47)75-39-55(67)65-78(69,70)53-19-15-13-16-20-53/h13-22,31-38H,23-30,39-40H2,1-12H3,(H,65,67)(H,66,68). The maximum Gasteiger partial charge on any atom is 0.271 e. The number of amides is 2. The zero-order valence-electron chi connectivity index (χ0n) is 47.8. The molecule has 0 unspecified atom stereocenters. The summed E-state index contributed by atoms with van der Waals surface area (Å²) in [6.45, 7) is 25.6. The maximum atomic E-state index is 14.0. The molecule has 8 rings (SSSR count). The van der Waals surface area contributed by atoms with Crippen LogP contribution < -0.4 is 28.4 Å². The highest BCUT2D eigenvalue weighted by Crippen LogP contribution is 2.45. The average molecular weight is 1130 g/mol. The van der Waals surface area contributed by atoms with Crippen molar-refractivity contribution >= 4 is 43.6 Å². The zero-order valence-corrected chi connectivity index (χ0v) is 50.2. The van der Waals surface area contributed by atoms with Crippen LogP contribution in [0.3, 0.4) is 0 Å². The van der Waals surface area contributed by atoms with Crippen molar-refractivity contribution in [2.75, 3.05) is 37.9 Å². The molecule has 2 N–H and O–H groups in total. The Morgan fingerprint density at radius 3 is 1.00 bits per heavy atom. The number of hydrogen-bond donors (Lipinski definition) is 2. The number of thioether (sulfide) groups is 1. The molecule has 1 heterocycles. The molecule has 12 nitrogen and oxygen atoms in total. The van der Waals surface area contributed by atoms with Gasteiger partial charge in [0.2, 0.25) is 0 Å². The van der Waals surface area contributed by atoms with E-state index < -0.39 is 55.9 Å². The minimum absolute atomic E-state index is 0.0632. The maximum absolute atomic E-state index is 14.0. The number of carbonyl (C=O) groups is 2. The first kappa shape index (κ1) is 58.8. The van der Waals surface area contributed by atoms with E-state index in [9.17, 15) is 26.4 Å². The summed E-state index contributed by atoms with van der Waals surface area (Å²) in [5, 5.41) is 0. The van der Waals surface area contributed by atoms with Crippen LogP contribution >= 0.6 is 11.8 Å². The molecular weight excluding hydrogens is 1050 g/mol. The Hall–Kier alpha value is -6.29. The molecular formula is C64H76N2O10S3. The van der Waals surface area contributed by atoms with Crippen molar-refractivity contribution in [1.29, 1.82) is 0 Å². The molecule has 6 aromatic carbocycles. The SMILES string of the molecule is CC(C)(C)c1cc2c3c(c1)Cc1cc(C(C)(C)C)cc(c1OCC(=O)NS(=O)(=O)c1ccccc1)Cc1cc(C(C)(C)C)cc(c1OCC(=O)NS(=O)(=O)c1ccccc1)Cc1cc(C(C)(C)C)cc(c1OCCSCCO3)C2. The van der Waals surface area contributed by atoms with Gasteiger partial charge in [-0.1, -0.05) is 168 Å². The highest BCUT2D eigenvalue weighted by atomic mass is 32.2. The van der Waals surface area contributed by atoms with Crippen LogP contribution in [-0.2, 0) is 77.0 Å². The molecule has 0 saturated carbocycles. The lowest BCUT2D eigenvalue weighted by Crippen LogP contribution is -2.34. The van der Waals surface area contributed by atoms with Gasteiger partial charge in [-0.2, -0.15) is 11.8 Å². The van der Waals surface area contributed by atoms with Crippen molar-refractivity contribution in [2.24, 2.45) is 0 Å². The first-order chi connectivity index (χ1) is 37.0. The average Bonchev–Trinajstić information content (AvgIpc) is 3.34. The lowest BCUT2D eigenvalue weighted by atomic mass is 9.79. The monoisotopic (exact) mass is 1130 g/mol. The summed E-state index contributed by atoms with van der Waals surface area (Å²) in [6, 6.07) is 32.7. The number of sulfonamides is 2. The second-order valence-corrected chi connectivity index (χ2v) is 29.4. The molecule has 2 amide bonds. The number of fused-ring (bicyclic) bond motifs is 4. The Labute approximate surface area is 472 Å². The lowest BCUT2D eigenvalue weighted by Gasteiger charge is -2.29. The van der Waals surface area contributed by atoms with Crippen LogP contribution in [0.2, 0.25) is 0 Å². The van der Waals surface area contributed by atoms with Crippen LogP contribution in [0.4, 0.5) is 0 Å². The fourth-order valence-electron chi connectivity index (χ4n) is 9.82. The molecule has 0 saturated heterocycles. The molecule has 0 radical (unpaired) electrons. The number of hydrogen-bond acceptors (Lipinski definition) is 11. The van der Waals surface area contributed by atoms with Gasteiger partial charge in [0, 0.05) is 37.2 Å². The molecule has 0 fully saturated rings. The number of benzene rings is 6. The second kappa shape index (κ2) is 23.1. The van der Waals surface area contributed by atoms with Crippen LogP contribution in [0.5, 0.6) is 23.0 Å². The molecule has 79 heavy (non-hydrogen) atoms. The van der Waals surface area contributed by atoms with Crippen LogP contribution in [-0.4, -0.2) is 66.6 Å². The number of nitrogens with one attached hydrogen (secondary N) is 2. The minimum Gasteiger partial charge on any atom is -0.492 e. The Morgan fingerprint density at radius 1 is 0.443 bits per heavy atom. The Bertz CT molecular complexity index is 3250. The van der Waals surface area contributed by atoms with Crippen LogP contribution in [0.25, 0.3) is 0 Å². The predicted octanol–water partition coefficient (Wildman–Crippen LogP) is 11.8. The summed E-state index contributed by atoms with van der Waals surface area (Å²) in [5.41, 5.74) is 9.42. The van der Waals surface area contributed by atoms with Crippen molar-refractivity contribution in [1.82, 2.24) is 9.44 Å². The van der Waals surface area contributed by atoms with Crippen molar-refractivity contribution in [3.8, 4) is 23.0 Å². The highest BCUT2D eigenvalue weighted by molar-refractivity contribution is 7.99. The van der Waals surface area contributed by atoms with Gasteiger partial charge in [-0.15, -0.1) is 0 Å². The fraction of sp³-hybridized carbons (Fsp3) is 0.406. The summed E-state index contributed by atoms with van der Waals surface area (Å²) in [7, 11) is -8.49. The molecule has 420 valence electrons. The van der Waals surface area contributed by atoms with Crippen molar-refractivity contribution < 1.29 is 45.4 Å². The van der Waals surface area contributed by atoms with E-state index in [-0.39, 0.29) is 27.0 Å². The molecule has 1 aliphatic carbocycles. The fourth-order valence-corrected chi connectivity index (χ4v) is 12.4. The third kappa shape index (κ3) is 14.4. The molecule has 0 aromatic heterocycles. The number of rotatable bonds is 10. The molecule has 15 heteroatoms. The van der Waals surface area contributed by atoms with Crippen molar-refractivity contribution in [2.45, 2.75) is 140 Å². The van der Waals surface area contributed by atoms with Gasteiger partial charge in [-0.3, -0.25) is 9.59 Å². The van der Waals surface area contributed by atoms with E-state index in [1.165, 1.54) is 24.3 Å². The van der Waals surface area contributed by atoms with Gasteiger partial charge in [0.15, 0.2) is 13.2 Å². The topological polar surface area (TPSA) is 163 Å². The van der Waals surface area contributed by atoms with Crippen LogP contribution in [0, 0.1) is 0 Å². The Morgan fingerprint density at radius 2 is 0.709 bits per heavy atom. The first-order valence-electron chi connectivity index (χ1n) is 26.9. The van der Waals surface area contributed by atoms with E-state index in [4.69, 9.17) is 18.9 Å². The van der Waals surface area contributed by atoms with Crippen LogP contribution in [0.1, 0.15) is 150 Å². The molecule has 10 bridgehead atoms. The third-order valence-corrected chi connectivity index (χ3v) is 17.9. The summed E-state index contributed by atoms with van der Waals surface area (Å²) in [5.74, 6) is 1.98. The third-order valence-electron chi connectivity index (χ3n) is 14.2. The largest absolute Gasteiger partial charge is 0.492 e. The summed E-state index contributed by atoms with van der Waals surface area (Å²) < 4.78 is 86.0. The Balaban J connectivity index is 1.42. The van der Waals surface area contributed by atoms with Gasteiger partial charge in [0.1, 0.15) is 23.0 Å². The zero-order chi connectivity index (χ0) is 57.3. The van der Waals surface area contributed by atoms with E-state index in [1.54, 1.807) is 48.2 Å². The van der Waals surface area contributed by atoms with E-state index >= 15 is 0 Å². The van der Waals surface area contributed by atoms with Gasteiger partial charge in [0.25, 0.3) is 31.9 Å². The van der Waals surface area contributed by atoms with Gasteiger partial charge < -0.3 is 18.9 Å². The van der Waals surface area contributed by atoms with E-state index in [0.29, 0.717) is 66.6 Å². The normalized spacial score (nSPS) is 14.5. The molecule has 6 aromatic rings. The molecule has 2 aliphatic rings. The quantitative estimate of drug-likeness (QED) is 0.134. The number of ether oxygens (including phenoxy) is 4. The Kier molecular flexibility index (Phi) is 17.2.